The van der Waals surface area contributed by atoms with Gasteiger partial charge in [0.25, 0.3) is 0 Å². The Hall–Kier alpha value is -1.81. The second kappa shape index (κ2) is 7.10. The van der Waals surface area contributed by atoms with Crippen molar-refractivity contribution >= 4 is 0 Å². The summed E-state index contributed by atoms with van der Waals surface area (Å²) in [4.78, 5) is 0. The fourth-order valence-electron chi connectivity index (χ4n) is 2.48. The summed E-state index contributed by atoms with van der Waals surface area (Å²) < 4.78 is 7.32. The highest BCUT2D eigenvalue weighted by molar-refractivity contribution is 5.36. The summed E-state index contributed by atoms with van der Waals surface area (Å²) in [6.07, 6.45) is 6.04. The van der Waals surface area contributed by atoms with E-state index in [1.807, 2.05) is 30.1 Å². The van der Waals surface area contributed by atoms with Crippen LogP contribution in [0.3, 0.4) is 0 Å². The van der Waals surface area contributed by atoms with Crippen molar-refractivity contribution in [2.45, 2.75) is 25.8 Å². The van der Waals surface area contributed by atoms with Crippen LogP contribution in [0.2, 0.25) is 0 Å². The van der Waals surface area contributed by atoms with Crippen molar-refractivity contribution in [1.82, 2.24) is 15.1 Å². The fourth-order valence-corrected chi connectivity index (χ4v) is 2.48. The molecule has 0 amide bonds. The second-order valence-electron chi connectivity index (χ2n) is 4.91. The molecule has 1 atom stereocenters. The van der Waals surface area contributed by atoms with Gasteiger partial charge < -0.3 is 10.1 Å². The number of methoxy groups -OCH3 is 1. The minimum absolute atomic E-state index is 0.302. The van der Waals surface area contributed by atoms with Crippen LogP contribution in [0.5, 0.6) is 5.75 Å². The number of nitrogens with zero attached hydrogens (tertiary/aromatic N) is 2. The monoisotopic (exact) mass is 273 g/mol. The molecular formula is C16H23N3O. The van der Waals surface area contributed by atoms with Crippen LogP contribution < -0.4 is 10.1 Å². The van der Waals surface area contributed by atoms with Gasteiger partial charge in [0.2, 0.25) is 0 Å². The van der Waals surface area contributed by atoms with E-state index in [1.54, 1.807) is 7.11 Å². The Kier molecular flexibility index (Phi) is 5.18. The predicted molar refractivity (Wildman–Crippen MR) is 80.9 cm³/mol. The molecule has 0 aliphatic carbocycles. The highest BCUT2D eigenvalue weighted by Crippen LogP contribution is 2.27. The number of benzene rings is 1. The number of hydrogen-bond donors (Lipinski definition) is 1. The summed E-state index contributed by atoms with van der Waals surface area (Å²) in [5.74, 6) is 0.949. The number of hydrogen-bond acceptors (Lipinski definition) is 3. The summed E-state index contributed by atoms with van der Waals surface area (Å²) in [6.45, 7) is 3.07. The molecule has 0 fully saturated rings. The molecule has 1 unspecified atom stereocenters. The second-order valence-corrected chi connectivity index (χ2v) is 4.91. The van der Waals surface area contributed by atoms with E-state index < -0.39 is 0 Å². The van der Waals surface area contributed by atoms with Crippen molar-refractivity contribution in [3.8, 4) is 5.75 Å². The third-order valence-corrected chi connectivity index (χ3v) is 3.44. The van der Waals surface area contributed by atoms with Crippen LogP contribution >= 0.6 is 0 Å². The molecule has 2 aromatic rings. The average Bonchev–Trinajstić information content (AvgIpc) is 2.89. The Morgan fingerprint density at radius 2 is 2.15 bits per heavy atom. The van der Waals surface area contributed by atoms with Gasteiger partial charge in [-0.05, 0) is 31.0 Å². The molecular weight excluding hydrogens is 250 g/mol. The molecule has 20 heavy (non-hydrogen) atoms. The van der Waals surface area contributed by atoms with Crippen molar-refractivity contribution in [2.24, 2.45) is 7.05 Å². The molecule has 1 heterocycles. The van der Waals surface area contributed by atoms with Gasteiger partial charge in [-0.25, -0.2) is 0 Å². The van der Waals surface area contributed by atoms with Gasteiger partial charge in [-0.2, -0.15) is 5.10 Å². The lowest BCUT2D eigenvalue weighted by Gasteiger charge is -2.20. The van der Waals surface area contributed by atoms with Gasteiger partial charge >= 0.3 is 0 Å². The van der Waals surface area contributed by atoms with Crippen LogP contribution in [-0.4, -0.2) is 23.4 Å². The Labute approximate surface area is 120 Å². The molecule has 0 saturated carbocycles. The molecule has 4 nitrogen and oxygen atoms in total. The molecule has 0 saturated heterocycles. The number of para-hydroxylation sites is 1. The van der Waals surface area contributed by atoms with Gasteiger partial charge in [0, 0.05) is 24.8 Å². The maximum atomic E-state index is 5.47. The fraction of sp³-hybridized carbons (Fsp3) is 0.438. The van der Waals surface area contributed by atoms with Crippen LogP contribution in [0.25, 0.3) is 0 Å². The third kappa shape index (κ3) is 3.61. The number of aromatic nitrogens is 2. The highest BCUT2D eigenvalue weighted by Gasteiger charge is 2.15. The molecule has 0 aliphatic rings. The lowest BCUT2D eigenvalue weighted by molar-refractivity contribution is 0.396. The van der Waals surface area contributed by atoms with Gasteiger partial charge in [-0.3, -0.25) is 4.68 Å². The number of nitrogens with one attached hydrogen (secondary N) is 1. The van der Waals surface area contributed by atoms with E-state index in [2.05, 4.69) is 35.7 Å². The molecule has 0 radical (unpaired) electrons. The molecule has 1 N–H and O–H groups in total. The standard InChI is InChI=1S/C16H23N3O/c1-4-17-15(10-9-13-11-18-19(2)12-13)14-7-5-6-8-16(14)20-3/h5-8,11-12,15,17H,4,9-10H2,1-3H3. The van der Waals surface area contributed by atoms with Gasteiger partial charge in [-0.15, -0.1) is 0 Å². The largest absolute Gasteiger partial charge is 0.496 e. The zero-order valence-corrected chi connectivity index (χ0v) is 12.5. The zero-order valence-electron chi connectivity index (χ0n) is 12.5. The molecule has 0 spiro atoms. The van der Waals surface area contributed by atoms with E-state index in [-0.39, 0.29) is 0 Å². The number of ether oxygens (including phenoxy) is 1. The van der Waals surface area contributed by atoms with Gasteiger partial charge in [0.05, 0.1) is 13.3 Å². The van der Waals surface area contributed by atoms with Gasteiger partial charge in [-0.1, -0.05) is 25.1 Å². The zero-order chi connectivity index (χ0) is 14.4. The predicted octanol–water partition coefficient (Wildman–Crippen LogP) is 2.71. The smallest absolute Gasteiger partial charge is 0.123 e. The number of aryl methyl sites for hydroxylation is 2. The first-order valence-electron chi connectivity index (χ1n) is 7.08. The van der Waals surface area contributed by atoms with Crippen LogP contribution in [0.4, 0.5) is 0 Å². The normalized spacial score (nSPS) is 12.3. The number of rotatable bonds is 7. The molecule has 4 heteroatoms. The Balaban J connectivity index is 2.10. The minimum Gasteiger partial charge on any atom is -0.496 e. The quantitative estimate of drug-likeness (QED) is 0.843. The van der Waals surface area contributed by atoms with E-state index in [0.29, 0.717) is 6.04 Å². The molecule has 1 aromatic heterocycles. The van der Waals surface area contributed by atoms with Crippen molar-refractivity contribution < 1.29 is 4.74 Å². The van der Waals surface area contributed by atoms with E-state index in [9.17, 15) is 0 Å². The van der Waals surface area contributed by atoms with Crippen LogP contribution in [-0.2, 0) is 13.5 Å². The highest BCUT2D eigenvalue weighted by atomic mass is 16.5. The van der Waals surface area contributed by atoms with Crippen LogP contribution in [0, 0.1) is 0 Å². The summed E-state index contributed by atoms with van der Waals surface area (Å²) in [5.41, 5.74) is 2.49. The Bertz CT molecular complexity index is 536. The Morgan fingerprint density at radius 1 is 1.35 bits per heavy atom. The van der Waals surface area contributed by atoms with E-state index in [4.69, 9.17) is 4.74 Å². The minimum atomic E-state index is 0.302. The van der Waals surface area contributed by atoms with Gasteiger partial charge in [0.1, 0.15) is 5.75 Å². The summed E-state index contributed by atoms with van der Waals surface area (Å²) in [6, 6.07) is 8.52. The van der Waals surface area contributed by atoms with E-state index >= 15 is 0 Å². The average molecular weight is 273 g/mol. The third-order valence-electron chi connectivity index (χ3n) is 3.44. The van der Waals surface area contributed by atoms with E-state index in [0.717, 1.165) is 25.1 Å². The van der Waals surface area contributed by atoms with Crippen LogP contribution in [0.1, 0.15) is 30.5 Å². The maximum Gasteiger partial charge on any atom is 0.123 e. The van der Waals surface area contributed by atoms with Crippen LogP contribution in [0.15, 0.2) is 36.7 Å². The molecule has 108 valence electrons. The summed E-state index contributed by atoms with van der Waals surface area (Å²) >= 11 is 0. The van der Waals surface area contributed by atoms with E-state index in [1.165, 1.54) is 11.1 Å². The Morgan fingerprint density at radius 3 is 2.80 bits per heavy atom. The first kappa shape index (κ1) is 14.6. The first-order chi connectivity index (χ1) is 9.74. The first-order valence-corrected chi connectivity index (χ1v) is 7.08. The molecule has 0 bridgehead atoms. The summed E-state index contributed by atoms with van der Waals surface area (Å²) in [5, 5.41) is 7.76. The van der Waals surface area contributed by atoms with Crippen molar-refractivity contribution in [3.05, 3.63) is 47.8 Å². The van der Waals surface area contributed by atoms with Crippen molar-refractivity contribution in [1.29, 1.82) is 0 Å². The van der Waals surface area contributed by atoms with Crippen molar-refractivity contribution in [2.75, 3.05) is 13.7 Å². The molecule has 0 aliphatic heterocycles. The maximum absolute atomic E-state index is 5.47. The SMILES string of the molecule is CCNC(CCc1cnn(C)c1)c1ccccc1OC. The lowest BCUT2D eigenvalue weighted by atomic mass is 9.99. The summed E-state index contributed by atoms with van der Waals surface area (Å²) in [7, 11) is 3.68. The van der Waals surface area contributed by atoms with Crippen molar-refractivity contribution in [3.63, 3.8) is 0 Å². The molecule has 2 rings (SSSR count). The topological polar surface area (TPSA) is 39.1 Å². The lowest BCUT2D eigenvalue weighted by Crippen LogP contribution is -2.22. The van der Waals surface area contributed by atoms with Gasteiger partial charge in [0.15, 0.2) is 0 Å². The molecule has 1 aromatic carbocycles.